The van der Waals surface area contributed by atoms with Crippen LogP contribution in [0.3, 0.4) is 0 Å². The maximum absolute atomic E-state index is 13.9. The van der Waals surface area contributed by atoms with Crippen LogP contribution in [-0.4, -0.2) is 58.2 Å². The molecule has 1 saturated heterocycles. The second-order valence-corrected chi connectivity index (χ2v) is 11.2. The Kier molecular flexibility index (Phi) is 8.59. The van der Waals surface area contributed by atoms with Gasteiger partial charge in [-0.25, -0.2) is 0 Å². The summed E-state index contributed by atoms with van der Waals surface area (Å²) in [6.45, 7) is 2.81. The molecule has 2 heterocycles. The molecule has 0 radical (unpaired) electrons. The van der Waals surface area contributed by atoms with E-state index >= 15 is 0 Å². The Bertz CT molecular complexity index is 1150. The predicted octanol–water partition coefficient (Wildman–Crippen LogP) is 5.33. The average molecular weight is 546 g/mol. The standard InChI is InChI=1S/C29H38F3N5O2/c30-29(31,32)24-13-4-3-12-23(24)26-19-25(35-37(26)22-10-1-2-11-22)28(39)34-21(14-17-36-15-5-6-16-36)18-27(38)33-20-8-7-9-20/h3-4,12-13,19-22H,1-2,5-11,14-18H2,(H,33,38)(H,34,39)/t21-/m0/s1. The van der Waals surface area contributed by atoms with E-state index in [1.165, 1.54) is 18.2 Å². The lowest BCUT2D eigenvalue weighted by molar-refractivity contribution is -0.137. The number of hydrogen-bond acceptors (Lipinski definition) is 4. The number of aromatic nitrogens is 2. The van der Waals surface area contributed by atoms with Crippen molar-refractivity contribution in [2.24, 2.45) is 0 Å². The molecule has 1 aromatic carbocycles. The maximum atomic E-state index is 13.9. The van der Waals surface area contributed by atoms with Gasteiger partial charge in [0.05, 0.1) is 17.3 Å². The van der Waals surface area contributed by atoms with Gasteiger partial charge < -0.3 is 15.5 Å². The zero-order valence-electron chi connectivity index (χ0n) is 22.3. The SMILES string of the molecule is O=C(C[C@H](CCN1CCCC1)NC(=O)c1cc(-c2ccccc2C(F)(F)F)n(C2CCCC2)n1)NC1CCC1. The maximum Gasteiger partial charge on any atom is 0.417 e. The van der Waals surface area contributed by atoms with Crippen LogP contribution >= 0.6 is 0 Å². The Morgan fingerprint density at radius 2 is 1.72 bits per heavy atom. The highest BCUT2D eigenvalue weighted by molar-refractivity contribution is 5.94. The molecule has 5 rings (SSSR count). The number of nitrogens with one attached hydrogen (secondary N) is 2. The normalized spacial score (nSPS) is 19.7. The Morgan fingerprint density at radius 3 is 2.38 bits per heavy atom. The number of hydrogen-bond donors (Lipinski definition) is 2. The molecule has 212 valence electrons. The molecule has 3 aliphatic rings. The van der Waals surface area contributed by atoms with Crippen molar-refractivity contribution in [2.75, 3.05) is 19.6 Å². The molecule has 2 N–H and O–H groups in total. The van der Waals surface area contributed by atoms with Crippen molar-refractivity contribution in [2.45, 2.75) is 94.9 Å². The van der Waals surface area contributed by atoms with Crippen molar-refractivity contribution in [1.82, 2.24) is 25.3 Å². The van der Waals surface area contributed by atoms with Crippen molar-refractivity contribution in [1.29, 1.82) is 0 Å². The van der Waals surface area contributed by atoms with Gasteiger partial charge in [-0.1, -0.05) is 31.0 Å². The largest absolute Gasteiger partial charge is 0.417 e. The van der Waals surface area contributed by atoms with Gasteiger partial charge in [0, 0.05) is 30.6 Å². The van der Waals surface area contributed by atoms with Crippen molar-refractivity contribution in [3.63, 3.8) is 0 Å². The van der Waals surface area contributed by atoms with E-state index in [1.54, 1.807) is 10.7 Å². The smallest absolute Gasteiger partial charge is 0.353 e. The van der Waals surface area contributed by atoms with E-state index in [4.69, 9.17) is 0 Å². The first kappa shape index (κ1) is 27.7. The number of nitrogens with zero attached hydrogens (tertiary/aromatic N) is 3. The summed E-state index contributed by atoms with van der Waals surface area (Å²) in [6, 6.07) is 6.70. The summed E-state index contributed by atoms with van der Waals surface area (Å²) in [6.07, 6.45) is 5.21. The van der Waals surface area contributed by atoms with Gasteiger partial charge in [-0.05, 0) is 76.6 Å². The minimum Gasteiger partial charge on any atom is -0.353 e. The van der Waals surface area contributed by atoms with Gasteiger partial charge in [0.1, 0.15) is 0 Å². The van der Waals surface area contributed by atoms with Gasteiger partial charge in [-0.3, -0.25) is 14.3 Å². The molecule has 7 nitrogen and oxygen atoms in total. The topological polar surface area (TPSA) is 79.3 Å². The lowest BCUT2D eigenvalue weighted by Gasteiger charge is -2.28. The second-order valence-electron chi connectivity index (χ2n) is 11.2. The van der Waals surface area contributed by atoms with E-state index in [0.29, 0.717) is 12.1 Å². The van der Waals surface area contributed by atoms with Gasteiger partial charge in [0.2, 0.25) is 5.91 Å². The summed E-state index contributed by atoms with van der Waals surface area (Å²) >= 11 is 0. The van der Waals surface area contributed by atoms with Crippen LogP contribution in [0.1, 0.15) is 92.7 Å². The lowest BCUT2D eigenvalue weighted by Crippen LogP contribution is -2.45. The molecule has 0 spiro atoms. The molecule has 1 atom stereocenters. The van der Waals surface area contributed by atoms with Gasteiger partial charge in [0.15, 0.2) is 5.69 Å². The van der Waals surface area contributed by atoms with Crippen molar-refractivity contribution in [3.8, 4) is 11.3 Å². The van der Waals surface area contributed by atoms with E-state index < -0.39 is 17.6 Å². The molecule has 0 unspecified atom stereocenters. The number of benzene rings is 1. The fourth-order valence-electron chi connectivity index (χ4n) is 5.98. The van der Waals surface area contributed by atoms with E-state index in [1.807, 2.05) is 0 Å². The molecular weight excluding hydrogens is 507 g/mol. The third-order valence-electron chi connectivity index (χ3n) is 8.38. The van der Waals surface area contributed by atoms with E-state index in [0.717, 1.165) is 83.5 Å². The molecule has 0 bridgehead atoms. The number of amides is 2. The van der Waals surface area contributed by atoms with Crippen molar-refractivity contribution in [3.05, 3.63) is 41.6 Å². The average Bonchev–Trinajstić information content (AvgIpc) is 3.65. The predicted molar refractivity (Wildman–Crippen MR) is 142 cm³/mol. The first-order chi connectivity index (χ1) is 18.8. The summed E-state index contributed by atoms with van der Waals surface area (Å²) in [5.41, 5.74) is -0.336. The Labute approximate surface area is 227 Å². The van der Waals surface area contributed by atoms with Gasteiger partial charge in [0.25, 0.3) is 5.91 Å². The van der Waals surface area contributed by atoms with Crippen molar-refractivity contribution >= 4 is 11.8 Å². The number of likely N-dealkylation sites (tertiary alicyclic amines) is 1. The fourth-order valence-corrected chi connectivity index (χ4v) is 5.98. The summed E-state index contributed by atoms with van der Waals surface area (Å²) in [5, 5.41) is 10.6. The molecule has 2 aromatic rings. The Hall–Kier alpha value is -2.88. The molecule has 2 aliphatic carbocycles. The highest BCUT2D eigenvalue weighted by atomic mass is 19.4. The van der Waals surface area contributed by atoms with Crippen LogP contribution in [0, 0.1) is 0 Å². The summed E-state index contributed by atoms with van der Waals surface area (Å²) < 4.78 is 43.3. The minimum absolute atomic E-state index is 0.0221. The molecule has 1 aromatic heterocycles. The highest BCUT2D eigenvalue weighted by Crippen LogP contribution is 2.40. The lowest BCUT2D eigenvalue weighted by atomic mass is 9.93. The minimum atomic E-state index is -4.53. The van der Waals surface area contributed by atoms with Crippen LogP contribution in [0.15, 0.2) is 30.3 Å². The second kappa shape index (κ2) is 12.1. The van der Waals surface area contributed by atoms with E-state index in [2.05, 4.69) is 20.6 Å². The number of alkyl halides is 3. The monoisotopic (exact) mass is 545 g/mol. The van der Waals surface area contributed by atoms with Crippen molar-refractivity contribution < 1.29 is 22.8 Å². The third kappa shape index (κ3) is 6.83. The molecule has 1 aliphatic heterocycles. The number of halogens is 3. The number of carbonyl (C=O) groups excluding carboxylic acids is 2. The third-order valence-corrected chi connectivity index (χ3v) is 8.38. The molecule has 39 heavy (non-hydrogen) atoms. The summed E-state index contributed by atoms with van der Waals surface area (Å²) in [4.78, 5) is 28.5. The van der Waals surface area contributed by atoms with E-state index in [9.17, 15) is 22.8 Å². The number of rotatable bonds is 10. The van der Waals surface area contributed by atoms with Crippen LogP contribution in [0.2, 0.25) is 0 Å². The molecule has 2 saturated carbocycles. The van der Waals surface area contributed by atoms with E-state index in [-0.39, 0.29) is 41.7 Å². The summed E-state index contributed by atoms with van der Waals surface area (Å²) in [5.74, 6) is -0.539. The van der Waals surface area contributed by atoms with Crippen LogP contribution in [-0.2, 0) is 11.0 Å². The van der Waals surface area contributed by atoms with Gasteiger partial charge in [-0.15, -0.1) is 0 Å². The first-order valence-corrected chi connectivity index (χ1v) is 14.4. The first-order valence-electron chi connectivity index (χ1n) is 14.4. The van der Waals surface area contributed by atoms with Crippen LogP contribution in [0.25, 0.3) is 11.3 Å². The molecule has 10 heteroatoms. The summed E-state index contributed by atoms with van der Waals surface area (Å²) in [7, 11) is 0. The fraction of sp³-hybridized carbons (Fsp3) is 0.621. The number of carbonyl (C=O) groups is 2. The Balaban J connectivity index is 1.37. The van der Waals surface area contributed by atoms with Crippen LogP contribution < -0.4 is 10.6 Å². The highest BCUT2D eigenvalue weighted by Gasteiger charge is 2.35. The molecular formula is C29H38F3N5O2. The van der Waals surface area contributed by atoms with Crippen LogP contribution in [0.4, 0.5) is 13.2 Å². The quantitative estimate of drug-likeness (QED) is 0.423. The van der Waals surface area contributed by atoms with Gasteiger partial charge in [-0.2, -0.15) is 18.3 Å². The molecule has 3 fully saturated rings. The van der Waals surface area contributed by atoms with Gasteiger partial charge >= 0.3 is 6.18 Å². The molecule has 2 amide bonds. The Morgan fingerprint density at radius 1 is 1.00 bits per heavy atom. The zero-order valence-corrected chi connectivity index (χ0v) is 22.3. The zero-order chi connectivity index (χ0) is 27.4. The van der Waals surface area contributed by atoms with Crippen LogP contribution in [0.5, 0.6) is 0 Å².